The maximum absolute atomic E-state index is 12.3. The second-order valence-electron chi connectivity index (χ2n) is 5.74. The van der Waals surface area contributed by atoms with Gasteiger partial charge in [-0.3, -0.25) is 4.79 Å². The lowest BCUT2D eigenvalue weighted by Gasteiger charge is -2.11. The standard InChI is InChI=1S/C17H19BrN2O3S/c1-11(2)20-24(22,23)14-7-5-13(6-8-14)17(21)19-16-9-4-12(3)10-15(16)18/h4-11,20H,1-3H3,(H,19,21). The maximum atomic E-state index is 12.3. The average molecular weight is 411 g/mol. The third-order valence-corrected chi connectivity index (χ3v) is 5.52. The molecule has 0 aliphatic carbocycles. The van der Waals surface area contributed by atoms with Crippen molar-refractivity contribution in [1.29, 1.82) is 0 Å². The zero-order valence-electron chi connectivity index (χ0n) is 13.6. The van der Waals surface area contributed by atoms with E-state index in [1.54, 1.807) is 13.8 Å². The van der Waals surface area contributed by atoms with Gasteiger partial charge < -0.3 is 5.32 Å². The van der Waals surface area contributed by atoms with E-state index < -0.39 is 10.0 Å². The van der Waals surface area contributed by atoms with Crippen molar-refractivity contribution in [2.24, 2.45) is 0 Å². The molecule has 7 heteroatoms. The van der Waals surface area contributed by atoms with E-state index in [1.165, 1.54) is 24.3 Å². The number of nitrogens with one attached hydrogen (secondary N) is 2. The van der Waals surface area contributed by atoms with Crippen LogP contribution in [0.25, 0.3) is 0 Å². The molecule has 5 nitrogen and oxygen atoms in total. The average Bonchev–Trinajstić information content (AvgIpc) is 2.49. The van der Waals surface area contributed by atoms with Crippen LogP contribution in [0.15, 0.2) is 51.8 Å². The fraction of sp³-hybridized carbons (Fsp3) is 0.235. The van der Waals surface area contributed by atoms with Crippen molar-refractivity contribution in [2.45, 2.75) is 31.7 Å². The molecule has 0 saturated carbocycles. The Balaban J connectivity index is 2.17. The smallest absolute Gasteiger partial charge is 0.255 e. The minimum atomic E-state index is -3.56. The van der Waals surface area contributed by atoms with Crippen molar-refractivity contribution in [3.63, 3.8) is 0 Å². The number of carbonyl (C=O) groups is 1. The Kier molecular flexibility index (Phi) is 5.79. The van der Waals surface area contributed by atoms with E-state index in [1.807, 2.05) is 25.1 Å². The van der Waals surface area contributed by atoms with Crippen LogP contribution in [0, 0.1) is 6.92 Å². The van der Waals surface area contributed by atoms with Crippen LogP contribution < -0.4 is 10.0 Å². The number of hydrogen-bond donors (Lipinski definition) is 2. The Morgan fingerprint density at radius 3 is 2.25 bits per heavy atom. The summed E-state index contributed by atoms with van der Waals surface area (Å²) in [5, 5.41) is 2.79. The molecular weight excluding hydrogens is 392 g/mol. The molecule has 0 unspecified atom stereocenters. The van der Waals surface area contributed by atoms with E-state index in [4.69, 9.17) is 0 Å². The molecule has 0 saturated heterocycles. The van der Waals surface area contributed by atoms with E-state index in [-0.39, 0.29) is 16.8 Å². The van der Waals surface area contributed by atoms with Crippen molar-refractivity contribution in [3.05, 3.63) is 58.1 Å². The predicted molar refractivity (Wildman–Crippen MR) is 98.7 cm³/mol. The van der Waals surface area contributed by atoms with E-state index in [0.29, 0.717) is 11.3 Å². The van der Waals surface area contributed by atoms with Gasteiger partial charge in [0.25, 0.3) is 5.91 Å². The number of rotatable bonds is 5. The van der Waals surface area contributed by atoms with E-state index in [9.17, 15) is 13.2 Å². The summed E-state index contributed by atoms with van der Waals surface area (Å²) in [5.41, 5.74) is 2.11. The normalized spacial score (nSPS) is 11.5. The highest BCUT2D eigenvalue weighted by Gasteiger charge is 2.16. The monoisotopic (exact) mass is 410 g/mol. The van der Waals surface area contributed by atoms with Crippen LogP contribution >= 0.6 is 15.9 Å². The highest BCUT2D eigenvalue weighted by atomic mass is 79.9. The molecule has 1 amide bonds. The molecule has 128 valence electrons. The van der Waals surface area contributed by atoms with Crippen LogP contribution in [0.5, 0.6) is 0 Å². The molecule has 2 aromatic rings. The Hall–Kier alpha value is -1.70. The number of aryl methyl sites for hydroxylation is 1. The zero-order valence-corrected chi connectivity index (χ0v) is 16.0. The highest BCUT2D eigenvalue weighted by molar-refractivity contribution is 9.10. The first-order valence-corrected chi connectivity index (χ1v) is 9.66. The van der Waals surface area contributed by atoms with Crippen LogP contribution in [0.3, 0.4) is 0 Å². The van der Waals surface area contributed by atoms with Crippen molar-refractivity contribution >= 4 is 37.5 Å². The number of hydrogen-bond acceptors (Lipinski definition) is 3. The topological polar surface area (TPSA) is 75.3 Å². The van der Waals surface area contributed by atoms with E-state index >= 15 is 0 Å². The molecule has 2 N–H and O–H groups in total. The highest BCUT2D eigenvalue weighted by Crippen LogP contribution is 2.24. The molecule has 0 radical (unpaired) electrons. The molecule has 0 aromatic heterocycles. The van der Waals surface area contributed by atoms with Crippen molar-refractivity contribution < 1.29 is 13.2 Å². The fourth-order valence-corrected chi connectivity index (χ4v) is 3.92. The summed E-state index contributed by atoms with van der Waals surface area (Å²) < 4.78 is 27.4. The Labute approximate surface area is 150 Å². The van der Waals surface area contributed by atoms with Gasteiger partial charge in [-0.1, -0.05) is 6.07 Å². The lowest BCUT2D eigenvalue weighted by Crippen LogP contribution is -2.30. The second-order valence-corrected chi connectivity index (χ2v) is 8.31. The Morgan fingerprint density at radius 1 is 1.08 bits per heavy atom. The molecule has 0 atom stereocenters. The van der Waals surface area contributed by atoms with Crippen LogP contribution in [-0.4, -0.2) is 20.4 Å². The lowest BCUT2D eigenvalue weighted by molar-refractivity contribution is 0.102. The second kappa shape index (κ2) is 7.46. The summed E-state index contributed by atoms with van der Waals surface area (Å²) in [7, 11) is -3.56. The zero-order chi connectivity index (χ0) is 17.9. The van der Waals surface area contributed by atoms with Gasteiger partial charge in [-0.25, -0.2) is 13.1 Å². The molecule has 2 aromatic carbocycles. The van der Waals surface area contributed by atoms with Gasteiger partial charge in [0.2, 0.25) is 10.0 Å². The lowest BCUT2D eigenvalue weighted by atomic mass is 10.2. The molecular formula is C17H19BrN2O3S. The molecule has 0 aliphatic heterocycles. The number of anilines is 1. The third-order valence-electron chi connectivity index (χ3n) is 3.19. The van der Waals surface area contributed by atoms with Gasteiger partial charge in [-0.2, -0.15) is 0 Å². The van der Waals surface area contributed by atoms with Gasteiger partial charge in [-0.05, 0) is 78.7 Å². The summed E-state index contributed by atoms with van der Waals surface area (Å²) in [6.45, 7) is 5.46. The summed E-state index contributed by atoms with van der Waals surface area (Å²) in [4.78, 5) is 12.4. The van der Waals surface area contributed by atoms with Gasteiger partial charge in [0.1, 0.15) is 0 Å². The SMILES string of the molecule is Cc1ccc(NC(=O)c2ccc(S(=O)(=O)NC(C)C)cc2)c(Br)c1. The number of benzene rings is 2. The minimum absolute atomic E-state index is 0.129. The summed E-state index contributed by atoms with van der Waals surface area (Å²) in [5.74, 6) is -0.305. The van der Waals surface area contributed by atoms with Gasteiger partial charge in [0.15, 0.2) is 0 Å². The molecule has 2 rings (SSSR count). The first-order chi connectivity index (χ1) is 11.2. The largest absolute Gasteiger partial charge is 0.321 e. The van der Waals surface area contributed by atoms with Crippen LogP contribution in [0.2, 0.25) is 0 Å². The number of sulfonamides is 1. The van der Waals surface area contributed by atoms with Gasteiger partial charge >= 0.3 is 0 Å². The third kappa shape index (κ3) is 4.66. The molecule has 0 fully saturated rings. The summed E-state index contributed by atoms with van der Waals surface area (Å²) in [6.07, 6.45) is 0. The van der Waals surface area contributed by atoms with Gasteiger partial charge in [-0.15, -0.1) is 0 Å². The fourth-order valence-electron chi connectivity index (χ4n) is 2.08. The predicted octanol–water partition coefficient (Wildman–Crippen LogP) is 3.70. The van der Waals surface area contributed by atoms with Crippen molar-refractivity contribution in [1.82, 2.24) is 4.72 Å². The van der Waals surface area contributed by atoms with Crippen LogP contribution in [0.1, 0.15) is 29.8 Å². The minimum Gasteiger partial charge on any atom is -0.321 e. The maximum Gasteiger partial charge on any atom is 0.255 e. The first-order valence-electron chi connectivity index (χ1n) is 7.39. The molecule has 0 heterocycles. The van der Waals surface area contributed by atoms with Gasteiger partial charge in [0.05, 0.1) is 10.6 Å². The first kappa shape index (κ1) is 18.6. The van der Waals surface area contributed by atoms with E-state index in [0.717, 1.165) is 10.0 Å². The number of halogens is 1. The van der Waals surface area contributed by atoms with Crippen LogP contribution in [-0.2, 0) is 10.0 Å². The van der Waals surface area contributed by atoms with Crippen molar-refractivity contribution in [3.8, 4) is 0 Å². The van der Waals surface area contributed by atoms with Crippen LogP contribution in [0.4, 0.5) is 5.69 Å². The summed E-state index contributed by atoms with van der Waals surface area (Å²) >= 11 is 3.41. The van der Waals surface area contributed by atoms with Gasteiger partial charge in [0, 0.05) is 16.1 Å². The molecule has 0 spiro atoms. The molecule has 0 aliphatic rings. The summed E-state index contributed by atoms with van der Waals surface area (Å²) in [6, 6.07) is 11.2. The Morgan fingerprint density at radius 2 is 1.71 bits per heavy atom. The Bertz CT molecular complexity index is 847. The molecule has 24 heavy (non-hydrogen) atoms. The number of carbonyl (C=O) groups excluding carboxylic acids is 1. The van der Waals surface area contributed by atoms with E-state index in [2.05, 4.69) is 26.0 Å². The number of amides is 1. The molecule has 0 bridgehead atoms. The quantitative estimate of drug-likeness (QED) is 0.788. The van der Waals surface area contributed by atoms with Crippen molar-refractivity contribution in [2.75, 3.05) is 5.32 Å².